The Morgan fingerprint density at radius 2 is 1.75 bits per heavy atom. The number of benzene rings is 2. The monoisotopic (exact) mass is 382 g/mol. The van der Waals surface area contributed by atoms with Crippen molar-refractivity contribution in [1.82, 2.24) is 15.1 Å². The Bertz CT molecular complexity index is 983. The number of aromatic nitrogens is 2. The van der Waals surface area contributed by atoms with Gasteiger partial charge in [0.05, 0.1) is 18.4 Å². The van der Waals surface area contributed by atoms with E-state index >= 15 is 0 Å². The fraction of sp³-hybridized carbons (Fsp3) is 0.250. The van der Waals surface area contributed by atoms with E-state index in [0.29, 0.717) is 43.2 Å². The number of carbonyl (C=O) groups is 1. The molecule has 8 heteroatoms. The summed E-state index contributed by atoms with van der Waals surface area (Å²) in [5, 5.41) is 7.88. The molecule has 4 rings (SSSR count). The molecule has 7 nitrogen and oxygen atoms in total. The van der Waals surface area contributed by atoms with Crippen LogP contribution in [-0.4, -0.2) is 54.3 Å². The molecule has 0 aliphatic carbocycles. The van der Waals surface area contributed by atoms with Crippen LogP contribution in [0, 0.1) is 5.82 Å². The smallest absolute Gasteiger partial charge is 0.311 e. The summed E-state index contributed by atoms with van der Waals surface area (Å²) in [6, 6.07) is 13.9. The molecule has 1 aliphatic heterocycles. The number of amides is 1. The molecule has 0 radical (unpaired) electrons. The first-order chi connectivity index (χ1) is 13.7. The molecule has 0 spiro atoms. The predicted molar refractivity (Wildman–Crippen MR) is 101 cm³/mol. The molecule has 0 unspecified atom stereocenters. The van der Waals surface area contributed by atoms with Crippen molar-refractivity contribution in [3.05, 3.63) is 60.2 Å². The largest absolute Gasteiger partial charge is 0.496 e. The third kappa shape index (κ3) is 3.40. The number of nitrogens with zero attached hydrogens (tertiary/aromatic N) is 4. The summed E-state index contributed by atoms with van der Waals surface area (Å²) in [5.74, 6) is 0.150. The molecule has 2 heterocycles. The number of hydrogen-bond acceptors (Lipinski definition) is 6. The van der Waals surface area contributed by atoms with E-state index in [1.807, 2.05) is 17.0 Å². The molecule has 2 aromatic carbocycles. The van der Waals surface area contributed by atoms with Gasteiger partial charge in [0.2, 0.25) is 0 Å². The Hall–Kier alpha value is -3.42. The number of piperazine rings is 1. The lowest BCUT2D eigenvalue weighted by Gasteiger charge is -2.35. The van der Waals surface area contributed by atoms with Crippen molar-refractivity contribution >= 4 is 11.6 Å². The van der Waals surface area contributed by atoms with E-state index in [4.69, 9.17) is 9.15 Å². The standard InChI is InChI=1S/C20H19FN4O3/c1-27-17-9-5-2-6-14(17)18-22-23-19(28-18)20(26)25-12-10-24(11-13-25)16-8-4-3-7-15(16)21/h2-9H,10-13H2,1H3. The van der Waals surface area contributed by atoms with Crippen LogP contribution in [0.15, 0.2) is 52.9 Å². The number of anilines is 1. The van der Waals surface area contributed by atoms with Crippen LogP contribution in [-0.2, 0) is 0 Å². The highest BCUT2D eigenvalue weighted by Crippen LogP contribution is 2.28. The lowest BCUT2D eigenvalue weighted by atomic mass is 10.2. The maximum atomic E-state index is 14.0. The second-order valence-electron chi connectivity index (χ2n) is 6.34. The summed E-state index contributed by atoms with van der Waals surface area (Å²) in [7, 11) is 1.55. The first kappa shape index (κ1) is 18.0. The quantitative estimate of drug-likeness (QED) is 0.691. The highest BCUT2D eigenvalue weighted by Gasteiger charge is 2.27. The number of rotatable bonds is 4. The van der Waals surface area contributed by atoms with Gasteiger partial charge in [-0.3, -0.25) is 4.79 Å². The van der Waals surface area contributed by atoms with E-state index in [1.165, 1.54) is 6.07 Å². The number of carbonyl (C=O) groups excluding carboxylic acids is 1. The first-order valence-electron chi connectivity index (χ1n) is 8.93. The van der Waals surface area contributed by atoms with Gasteiger partial charge in [-0.25, -0.2) is 4.39 Å². The molecule has 1 fully saturated rings. The van der Waals surface area contributed by atoms with E-state index in [9.17, 15) is 9.18 Å². The van der Waals surface area contributed by atoms with E-state index < -0.39 is 0 Å². The topological polar surface area (TPSA) is 71.7 Å². The number of ether oxygens (including phenoxy) is 1. The highest BCUT2D eigenvalue weighted by atomic mass is 19.1. The molecule has 1 saturated heterocycles. The van der Waals surface area contributed by atoms with Crippen molar-refractivity contribution in [3.8, 4) is 17.2 Å². The van der Waals surface area contributed by atoms with Gasteiger partial charge < -0.3 is 19.0 Å². The maximum absolute atomic E-state index is 14.0. The molecule has 28 heavy (non-hydrogen) atoms. The Labute approximate surface area is 161 Å². The van der Waals surface area contributed by atoms with Crippen molar-refractivity contribution in [2.75, 3.05) is 38.2 Å². The summed E-state index contributed by atoms with van der Waals surface area (Å²) in [6.07, 6.45) is 0. The zero-order chi connectivity index (χ0) is 19.5. The average molecular weight is 382 g/mol. The third-order valence-electron chi connectivity index (χ3n) is 4.71. The van der Waals surface area contributed by atoms with Crippen molar-refractivity contribution < 1.29 is 18.3 Å². The van der Waals surface area contributed by atoms with Crippen LogP contribution in [0.1, 0.15) is 10.7 Å². The van der Waals surface area contributed by atoms with Gasteiger partial charge in [-0.1, -0.05) is 24.3 Å². The Morgan fingerprint density at radius 3 is 2.50 bits per heavy atom. The molecule has 0 saturated carbocycles. The molecule has 1 aliphatic rings. The van der Waals surface area contributed by atoms with Crippen LogP contribution < -0.4 is 9.64 Å². The summed E-state index contributed by atoms with van der Waals surface area (Å²) in [6.45, 7) is 1.94. The fourth-order valence-corrected chi connectivity index (χ4v) is 3.23. The van der Waals surface area contributed by atoms with Crippen LogP contribution in [0.5, 0.6) is 5.75 Å². The third-order valence-corrected chi connectivity index (χ3v) is 4.71. The number of methoxy groups -OCH3 is 1. The number of para-hydroxylation sites is 2. The van der Waals surface area contributed by atoms with Gasteiger partial charge >= 0.3 is 11.8 Å². The van der Waals surface area contributed by atoms with Gasteiger partial charge in [0.1, 0.15) is 11.6 Å². The van der Waals surface area contributed by atoms with Crippen molar-refractivity contribution in [2.45, 2.75) is 0 Å². The van der Waals surface area contributed by atoms with E-state index in [2.05, 4.69) is 10.2 Å². The number of halogens is 1. The Morgan fingerprint density at radius 1 is 1.04 bits per heavy atom. The van der Waals surface area contributed by atoms with Gasteiger partial charge in [-0.2, -0.15) is 0 Å². The van der Waals surface area contributed by atoms with Gasteiger partial charge in [-0.15, -0.1) is 10.2 Å². The SMILES string of the molecule is COc1ccccc1-c1nnc(C(=O)N2CCN(c3ccccc3F)CC2)o1. The van der Waals surface area contributed by atoms with E-state index in [0.717, 1.165) is 0 Å². The van der Waals surface area contributed by atoms with Crippen molar-refractivity contribution in [1.29, 1.82) is 0 Å². The van der Waals surface area contributed by atoms with Gasteiger partial charge in [0.15, 0.2) is 0 Å². The van der Waals surface area contributed by atoms with Crippen LogP contribution in [0.2, 0.25) is 0 Å². The van der Waals surface area contributed by atoms with E-state index in [1.54, 1.807) is 42.3 Å². The minimum absolute atomic E-state index is 0.0692. The van der Waals surface area contributed by atoms with Gasteiger partial charge in [0, 0.05) is 26.2 Å². The summed E-state index contributed by atoms with van der Waals surface area (Å²) >= 11 is 0. The molecule has 0 bridgehead atoms. The normalized spacial score (nSPS) is 14.2. The molecule has 1 aromatic heterocycles. The van der Waals surface area contributed by atoms with Crippen molar-refractivity contribution in [3.63, 3.8) is 0 Å². The lowest BCUT2D eigenvalue weighted by molar-refractivity contribution is 0.0707. The van der Waals surface area contributed by atoms with Crippen LogP contribution in [0.25, 0.3) is 11.5 Å². The molecule has 1 amide bonds. The zero-order valence-corrected chi connectivity index (χ0v) is 15.3. The Kier molecular flexibility index (Phi) is 4.92. The summed E-state index contributed by atoms with van der Waals surface area (Å²) < 4.78 is 24.8. The second-order valence-corrected chi connectivity index (χ2v) is 6.34. The van der Waals surface area contributed by atoms with Crippen LogP contribution in [0.3, 0.4) is 0 Å². The zero-order valence-electron chi connectivity index (χ0n) is 15.3. The van der Waals surface area contributed by atoms with E-state index in [-0.39, 0.29) is 23.5 Å². The summed E-state index contributed by atoms with van der Waals surface area (Å²) in [4.78, 5) is 16.3. The predicted octanol–water partition coefficient (Wildman–Crippen LogP) is 2.85. The molecule has 0 atom stereocenters. The molecular formula is C20H19FN4O3. The second kappa shape index (κ2) is 7.67. The fourth-order valence-electron chi connectivity index (χ4n) is 3.23. The molecule has 144 valence electrons. The average Bonchev–Trinajstić information content (AvgIpc) is 3.24. The van der Waals surface area contributed by atoms with Crippen LogP contribution in [0.4, 0.5) is 10.1 Å². The Balaban J connectivity index is 1.45. The minimum atomic E-state index is -0.332. The summed E-state index contributed by atoms with van der Waals surface area (Å²) in [5.41, 5.74) is 1.17. The maximum Gasteiger partial charge on any atom is 0.311 e. The highest BCUT2D eigenvalue weighted by molar-refractivity contribution is 5.90. The minimum Gasteiger partial charge on any atom is -0.496 e. The van der Waals surface area contributed by atoms with Gasteiger partial charge in [0.25, 0.3) is 5.89 Å². The molecule has 3 aromatic rings. The van der Waals surface area contributed by atoms with Crippen molar-refractivity contribution in [2.24, 2.45) is 0 Å². The van der Waals surface area contributed by atoms with Crippen LogP contribution >= 0.6 is 0 Å². The molecule has 0 N–H and O–H groups in total. The van der Waals surface area contributed by atoms with Gasteiger partial charge in [-0.05, 0) is 24.3 Å². The lowest BCUT2D eigenvalue weighted by Crippen LogP contribution is -2.49. The number of hydrogen-bond donors (Lipinski definition) is 0. The molecular weight excluding hydrogens is 363 g/mol. The first-order valence-corrected chi connectivity index (χ1v) is 8.93.